The van der Waals surface area contributed by atoms with Crippen molar-refractivity contribution in [2.45, 2.75) is 58.8 Å². The predicted octanol–water partition coefficient (Wildman–Crippen LogP) is 4.69. The molecule has 1 aliphatic rings. The third kappa shape index (κ3) is 5.70. The van der Waals surface area contributed by atoms with Crippen LogP contribution >= 0.6 is 0 Å². The normalized spacial score (nSPS) is 15.7. The van der Waals surface area contributed by atoms with Crippen molar-refractivity contribution in [3.8, 4) is 0 Å². The Hall–Kier alpha value is -1.22. The number of aliphatic hydroxyl groups is 1. The summed E-state index contributed by atoms with van der Waals surface area (Å²) < 4.78 is 0. The van der Waals surface area contributed by atoms with Gasteiger partial charge in [-0.15, -0.1) is 0 Å². The maximum Gasteiger partial charge on any atom is 0.0433 e. The molecular formula is C21H36N2O. The van der Waals surface area contributed by atoms with E-state index in [0.717, 1.165) is 19.5 Å². The molecule has 0 aromatic heterocycles. The number of hydrogen-bond acceptors (Lipinski definition) is 3. The quantitative estimate of drug-likeness (QED) is 0.673. The van der Waals surface area contributed by atoms with E-state index < -0.39 is 0 Å². The molecule has 136 valence electrons. The number of nitrogens with zero attached hydrogens (tertiary/aromatic N) is 2. The lowest BCUT2D eigenvalue weighted by atomic mass is 9.93. The Morgan fingerprint density at radius 1 is 1.00 bits per heavy atom. The molecule has 0 atom stereocenters. The van der Waals surface area contributed by atoms with Crippen LogP contribution in [0.25, 0.3) is 0 Å². The number of piperidine rings is 1. The average Bonchev–Trinajstić information content (AvgIpc) is 2.63. The maximum atomic E-state index is 9.09. The van der Waals surface area contributed by atoms with Crippen LogP contribution in [0.3, 0.4) is 0 Å². The van der Waals surface area contributed by atoms with Crippen LogP contribution < -0.4 is 9.80 Å². The van der Waals surface area contributed by atoms with Gasteiger partial charge in [0.2, 0.25) is 0 Å². The van der Waals surface area contributed by atoms with E-state index in [9.17, 15) is 0 Å². The van der Waals surface area contributed by atoms with Crippen LogP contribution in [0.4, 0.5) is 11.4 Å². The first-order chi connectivity index (χ1) is 11.8. The van der Waals surface area contributed by atoms with Crippen LogP contribution in [-0.2, 0) is 0 Å². The average molecular weight is 333 g/mol. The van der Waals surface area contributed by atoms with E-state index in [1.165, 1.54) is 63.0 Å². The summed E-state index contributed by atoms with van der Waals surface area (Å²) in [6, 6.07) is 9.21. The van der Waals surface area contributed by atoms with Gasteiger partial charge in [-0.1, -0.05) is 26.7 Å². The van der Waals surface area contributed by atoms with Crippen LogP contribution in [-0.4, -0.2) is 37.9 Å². The zero-order chi connectivity index (χ0) is 17.2. The minimum atomic E-state index is 0.338. The van der Waals surface area contributed by atoms with Crippen molar-refractivity contribution in [1.29, 1.82) is 0 Å². The van der Waals surface area contributed by atoms with Crippen molar-refractivity contribution in [3.05, 3.63) is 24.3 Å². The second-order valence-electron chi connectivity index (χ2n) is 7.15. The molecule has 1 aromatic rings. The van der Waals surface area contributed by atoms with Crippen molar-refractivity contribution >= 4 is 11.4 Å². The van der Waals surface area contributed by atoms with Gasteiger partial charge in [0.1, 0.15) is 0 Å². The molecule has 1 fully saturated rings. The second-order valence-corrected chi connectivity index (χ2v) is 7.15. The molecule has 0 saturated carbocycles. The van der Waals surface area contributed by atoms with Crippen LogP contribution in [0.15, 0.2) is 24.3 Å². The van der Waals surface area contributed by atoms with Crippen LogP contribution in [0.5, 0.6) is 0 Å². The molecule has 3 nitrogen and oxygen atoms in total. The van der Waals surface area contributed by atoms with Crippen molar-refractivity contribution in [2.75, 3.05) is 42.6 Å². The zero-order valence-corrected chi connectivity index (χ0v) is 15.7. The van der Waals surface area contributed by atoms with Gasteiger partial charge >= 0.3 is 0 Å². The minimum absolute atomic E-state index is 0.338. The van der Waals surface area contributed by atoms with Crippen LogP contribution in [0.2, 0.25) is 0 Å². The fourth-order valence-corrected chi connectivity index (χ4v) is 3.60. The first kappa shape index (κ1) is 19.1. The summed E-state index contributed by atoms with van der Waals surface area (Å²) in [4.78, 5) is 5.05. The van der Waals surface area contributed by atoms with Crippen molar-refractivity contribution in [1.82, 2.24) is 0 Å². The van der Waals surface area contributed by atoms with E-state index in [2.05, 4.69) is 47.9 Å². The molecule has 0 amide bonds. The molecule has 24 heavy (non-hydrogen) atoms. The van der Waals surface area contributed by atoms with E-state index in [1.807, 2.05) is 0 Å². The molecule has 1 aromatic carbocycles. The molecule has 2 rings (SSSR count). The largest absolute Gasteiger partial charge is 0.396 e. The fourth-order valence-electron chi connectivity index (χ4n) is 3.60. The fraction of sp³-hybridized carbons (Fsp3) is 0.714. The third-order valence-electron chi connectivity index (χ3n) is 5.30. The molecule has 1 heterocycles. The summed E-state index contributed by atoms with van der Waals surface area (Å²) in [7, 11) is 0. The van der Waals surface area contributed by atoms with E-state index in [4.69, 9.17) is 5.11 Å². The summed E-state index contributed by atoms with van der Waals surface area (Å²) in [6.07, 6.45) is 8.43. The Kier molecular flexibility index (Phi) is 8.44. The highest BCUT2D eigenvalue weighted by Gasteiger charge is 2.19. The summed E-state index contributed by atoms with van der Waals surface area (Å²) in [5, 5.41) is 9.09. The van der Waals surface area contributed by atoms with E-state index in [-0.39, 0.29) is 0 Å². The van der Waals surface area contributed by atoms with E-state index >= 15 is 0 Å². The van der Waals surface area contributed by atoms with Crippen LogP contribution in [0.1, 0.15) is 58.8 Å². The highest BCUT2D eigenvalue weighted by Crippen LogP contribution is 2.27. The van der Waals surface area contributed by atoms with Gasteiger partial charge in [0, 0.05) is 44.2 Å². The monoisotopic (exact) mass is 332 g/mol. The van der Waals surface area contributed by atoms with Gasteiger partial charge in [-0.05, 0) is 62.3 Å². The first-order valence-corrected chi connectivity index (χ1v) is 9.99. The van der Waals surface area contributed by atoms with Gasteiger partial charge in [-0.25, -0.2) is 0 Å². The smallest absolute Gasteiger partial charge is 0.0433 e. The summed E-state index contributed by atoms with van der Waals surface area (Å²) in [6.45, 7) is 9.46. The van der Waals surface area contributed by atoms with Crippen molar-refractivity contribution < 1.29 is 5.11 Å². The standard InChI is InChI=1S/C21H36N2O/c1-3-5-14-22(15-6-4-2)20-7-9-21(10-8-20)23-16-11-19(12-17-23)13-18-24/h7-10,19,24H,3-6,11-18H2,1-2H3. The van der Waals surface area contributed by atoms with Gasteiger partial charge in [0.15, 0.2) is 0 Å². The predicted molar refractivity (Wildman–Crippen MR) is 105 cm³/mol. The number of rotatable bonds is 10. The molecule has 1 aliphatic heterocycles. The molecule has 3 heteroatoms. The lowest BCUT2D eigenvalue weighted by Gasteiger charge is -2.34. The van der Waals surface area contributed by atoms with Crippen molar-refractivity contribution in [2.24, 2.45) is 5.92 Å². The molecular weight excluding hydrogens is 296 g/mol. The number of aliphatic hydroxyl groups excluding tert-OH is 1. The van der Waals surface area contributed by atoms with Gasteiger partial charge in [-0.3, -0.25) is 0 Å². The van der Waals surface area contributed by atoms with Crippen LogP contribution in [0, 0.1) is 5.92 Å². The van der Waals surface area contributed by atoms with Gasteiger partial charge in [-0.2, -0.15) is 0 Å². The first-order valence-electron chi connectivity index (χ1n) is 9.99. The lowest BCUT2D eigenvalue weighted by molar-refractivity contribution is 0.240. The highest BCUT2D eigenvalue weighted by atomic mass is 16.3. The number of anilines is 2. The Bertz CT molecular complexity index is 430. The van der Waals surface area contributed by atoms with E-state index in [0.29, 0.717) is 12.5 Å². The molecule has 1 N–H and O–H groups in total. The number of hydrogen-bond donors (Lipinski definition) is 1. The summed E-state index contributed by atoms with van der Waals surface area (Å²) in [5.74, 6) is 0.712. The molecule has 1 saturated heterocycles. The molecule has 0 bridgehead atoms. The minimum Gasteiger partial charge on any atom is -0.396 e. The summed E-state index contributed by atoms with van der Waals surface area (Å²) in [5.41, 5.74) is 2.72. The Morgan fingerprint density at radius 2 is 1.58 bits per heavy atom. The molecule has 0 aliphatic carbocycles. The Labute approximate surface area is 148 Å². The topological polar surface area (TPSA) is 26.7 Å². The maximum absolute atomic E-state index is 9.09. The SMILES string of the molecule is CCCCN(CCCC)c1ccc(N2CCC(CCO)CC2)cc1. The lowest BCUT2D eigenvalue weighted by Crippen LogP contribution is -2.34. The number of unbranched alkanes of at least 4 members (excludes halogenated alkanes) is 2. The van der Waals surface area contributed by atoms with Crippen molar-refractivity contribution in [3.63, 3.8) is 0 Å². The second kappa shape index (κ2) is 10.6. The molecule has 0 unspecified atom stereocenters. The van der Waals surface area contributed by atoms with Gasteiger partial charge < -0.3 is 14.9 Å². The van der Waals surface area contributed by atoms with Gasteiger partial charge in [0.05, 0.1) is 0 Å². The Balaban J connectivity index is 1.93. The van der Waals surface area contributed by atoms with Gasteiger partial charge in [0.25, 0.3) is 0 Å². The van der Waals surface area contributed by atoms with E-state index in [1.54, 1.807) is 0 Å². The number of benzene rings is 1. The molecule has 0 radical (unpaired) electrons. The zero-order valence-electron chi connectivity index (χ0n) is 15.7. The summed E-state index contributed by atoms with van der Waals surface area (Å²) >= 11 is 0. The highest BCUT2D eigenvalue weighted by molar-refractivity contribution is 5.56. The molecule has 0 spiro atoms. The Morgan fingerprint density at radius 3 is 2.08 bits per heavy atom. The third-order valence-corrected chi connectivity index (χ3v) is 5.30.